The van der Waals surface area contributed by atoms with Crippen LogP contribution in [0.15, 0.2) is 29.2 Å². The molecule has 1 aromatic carbocycles. The lowest BCUT2D eigenvalue weighted by molar-refractivity contribution is -0.120. The van der Waals surface area contributed by atoms with Gasteiger partial charge < -0.3 is 9.64 Å². The molecular formula is C17H23NO3S. The lowest BCUT2D eigenvalue weighted by atomic mass is 10.1. The van der Waals surface area contributed by atoms with Crippen molar-refractivity contribution >= 4 is 23.6 Å². The number of ketones is 1. The molecule has 5 heteroatoms. The second kappa shape index (κ2) is 6.73. The minimum absolute atomic E-state index is 0.199. The SMILES string of the molecule is Cc1ccc(SC2CN(C(=O)OC(C)(C)C)CCC2=O)cc1. The van der Waals surface area contributed by atoms with Gasteiger partial charge in [0.2, 0.25) is 0 Å². The Labute approximate surface area is 136 Å². The van der Waals surface area contributed by atoms with E-state index in [1.807, 2.05) is 52.0 Å². The second-order valence-corrected chi connectivity index (χ2v) is 7.84. The molecule has 1 heterocycles. The van der Waals surface area contributed by atoms with Crippen molar-refractivity contribution in [1.29, 1.82) is 0 Å². The maximum absolute atomic E-state index is 12.1. The highest BCUT2D eigenvalue weighted by molar-refractivity contribution is 8.00. The molecule has 0 radical (unpaired) electrons. The zero-order valence-electron chi connectivity index (χ0n) is 13.6. The highest BCUT2D eigenvalue weighted by Crippen LogP contribution is 2.28. The van der Waals surface area contributed by atoms with Gasteiger partial charge in [-0.05, 0) is 39.8 Å². The zero-order valence-corrected chi connectivity index (χ0v) is 14.4. The van der Waals surface area contributed by atoms with E-state index in [0.717, 1.165) is 4.90 Å². The summed E-state index contributed by atoms with van der Waals surface area (Å²) in [5.74, 6) is 0.199. The fraction of sp³-hybridized carbons (Fsp3) is 0.529. The molecule has 1 saturated heterocycles. The van der Waals surface area contributed by atoms with Crippen LogP contribution in [0.25, 0.3) is 0 Å². The number of likely N-dealkylation sites (tertiary alicyclic amines) is 1. The van der Waals surface area contributed by atoms with E-state index < -0.39 is 5.60 Å². The van der Waals surface area contributed by atoms with Crippen LogP contribution in [0.3, 0.4) is 0 Å². The van der Waals surface area contributed by atoms with Gasteiger partial charge in [-0.3, -0.25) is 4.79 Å². The number of thioether (sulfide) groups is 1. The Hall–Kier alpha value is -1.49. The van der Waals surface area contributed by atoms with E-state index in [9.17, 15) is 9.59 Å². The lowest BCUT2D eigenvalue weighted by Crippen LogP contribution is -2.47. The first kappa shape index (κ1) is 16.9. The Kier molecular flexibility index (Phi) is 5.16. The molecule has 0 bridgehead atoms. The van der Waals surface area contributed by atoms with Crippen molar-refractivity contribution in [2.75, 3.05) is 13.1 Å². The molecule has 1 unspecified atom stereocenters. The lowest BCUT2D eigenvalue weighted by Gasteiger charge is -2.33. The van der Waals surface area contributed by atoms with E-state index in [4.69, 9.17) is 4.74 Å². The number of hydrogen-bond acceptors (Lipinski definition) is 4. The molecule has 22 heavy (non-hydrogen) atoms. The normalized spacial score (nSPS) is 19.2. The number of hydrogen-bond donors (Lipinski definition) is 0. The van der Waals surface area contributed by atoms with Crippen molar-refractivity contribution in [3.05, 3.63) is 29.8 Å². The fourth-order valence-corrected chi connectivity index (χ4v) is 3.30. The van der Waals surface area contributed by atoms with E-state index in [1.165, 1.54) is 17.3 Å². The largest absolute Gasteiger partial charge is 0.444 e. The molecule has 1 amide bonds. The van der Waals surface area contributed by atoms with Crippen molar-refractivity contribution in [3.63, 3.8) is 0 Å². The number of rotatable bonds is 2. The van der Waals surface area contributed by atoms with Crippen LogP contribution in [-0.4, -0.2) is 40.7 Å². The second-order valence-electron chi connectivity index (χ2n) is 6.56. The molecule has 4 nitrogen and oxygen atoms in total. The van der Waals surface area contributed by atoms with Crippen molar-refractivity contribution in [1.82, 2.24) is 4.90 Å². The van der Waals surface area contributed by atoms with Crippen LogP contribution in [0, 0.1) is 6.92 Å². The van der Waals surface area contributed by atoms with Crippen LogP contribution in [0.4, 0.5) is 4.79 Å². The molecule has 1 aromatic rings. The van der Waals surface area contributed by atoms with Crippen LogP contribution in [0.1, 0.15) is 32.8 Å². The van der Waals surface area contributed by atoms with Crippen LogP contribution in [-0.2, 0) is 9.53 Å². The van der Waals surface area contributed by atoms with Crippen LogP contribution in [0.2, 0.25) is 0 Å². The zero-order chi connectivity index (χ0) is 16.3. The Morgan fingerprint density at radius 2 is 1.91 bits per heavy atom. The van der Waals surface area contributed by atoms with Gasteiger partial charge in [-0.25, -0.2) is 4.79 Å². The monoisotopic (exact) mass is 321 g/mol. The number of nitrogens with zero attached hydrogens (tertiary/aromatic N) is 1. The highest BCUT2D eigenvalue weighted by atomic mass is 32.2. The third kappa shape index (κ3) is 4.77. The predicted octanol–water partition coefficient (Wildman–Crippen LogP) is 3.67. The summed E-state index contributed by atoms with van der Waals surface area (Å²) in [4.78, 5) is 27.0. The van der Waals surface area contributed by atoms with Gasteiger partial charge in [-0.2, -0.15) is 0 Å². The molecular weight excluding hydrogens is 298 g/mol. The Bertz CT molecular complexity index is 548. The summed E-state index contributed by atoms with van der Waals surface area (Å²) in [5, 5.41) is -0.219. The molecule has 1 fully saturated rings. The van der Waals surface area contributed by atoms with Gasteiger partial charge in [0.1, 0.15) is 11.4 Å². The van der Waals surface area contributed by atoms with E-state index >= 15 is 0 Å². The fourth-order valence-electron chi connectivity index (χ4n) is 2.18. The average molecular weight is 321 g/mol. The van der Waals surface area contributed by atoms with Crippen molar-refractivity contribution in [3.8, 4) is 0 Å². The third-order valence-corrected chi connectivity index (χ3v) is 4.57. The Morgan fingerprint density at radius 1 is 1.27 bits per heavy atom. The number of piperidine rings is 1. The number of carbonyl (C=O) groups is 2. The van der Waals surface area contributed by atoms with Gasteiger partial charge >= 0.3 is 6.09 Å². The standard InChI is InChI=1S/C17H23NO3S/c1-12-5-7-13(8-6-12)22-15-11-18(10-9-14(15)19)16(20)21-17(2,3)4/h5-8,15H,9-11H2,1-4H3. The molecule has 0 aromatic heterocycles. The topological polar surface area (TPSA) is 46.6 Å². The minimum Gasteiger partial charge on any atom is -0.444 e. The van der Waals surface area contributed by atoms with Gasteiger partial charge in [-0.15, -0.1) is 11.8 Å². The summed E-state index contributed by atoms with van der Waals surface area (Å²) in [5.41, 5.74) is 0.674. The van der Waals surface area contributed by atoms with E-state index in [0.29, 0.717) is 19.5 Å². The quantitative estimate of drug-likeness (QED) is 0.834. The first-order valence-corrected chi connectivity index (χ1v) is 8.36. The first-order valence-electron chi connectivity index (χ1n) is 7.48. The summed E-state index contributed by atoms with van der Waals surface area (Å²) in [6, 6.07) is 8.09. The van der Waals surface area contributed by atoms with Gasteiger partial charge in [0.05, 0.1) is 5.25 Å². The highest BCUT2D eigenvalue weighted by Gasteiger charge is 2.32. The van der Waals surface area contributed by atoms with Crippen LogP contribution >= 0.6 is 11.8 Å². The number of amides is 1. The van der Waals surface area contributed by atoms with Gasteiger partial charge in [-0.1, -0.05) is 17.7 Å². The number of carbonyl (C=O) groups excluding carboxylic acids is 2. The smallest absolute Gasteiger partial charge is 0.410 e. The Balaban J connectivity index is 2.00. The van der Waals surface area contributed by atoms with E-state index in [-0.39, 0.29) is 17.1 Å². The number of benzene rings is 1. The van der Waals surface area contributed by atoms with Crippen molar-refractivity contribution in [2.45, 2.75) is 49.9 Å². The van der Waals surface area contributed by atoms with E-state index in [1.54, 1.807) is 4.90 Å². The molecule has 0 spiro atoms. The Morgan fingerprint density at radius 3 is 2.50 bits per heavy atom. The average Bonchev–Trinajstić information content (AvgIpc) is 2.41. The number of aryl methyl sites for hydroxylation is 1. The summed E-state index contributed by atoms with van der Waals surface area (Å²) >= 11 is 1.52. The third-order valence-electron chi connectivity index (χ3n) is 3.32. The molecule has 1 aliphatic rings. The molecule has 2 rings (SSSR count). The summed E-state index contributed by atoms with van der Waals surface area (Å²) in [6.45, 7) is 8.42. The molecule has 1 atom stereocenters. The molecule has 0 aliphatic carbocycles. The van der Waals surface area contributed by atoms with Crippen LogP contribution < -0.4 is 0 Å². The molecule has 120 valence electrons. The summed E-state index contributed by atoms with van der Waals surface area (Å²) in [6.07, 6.45) is 0.0532. The van der Waals surface area contributed by atoms with Crippen molar-refractivity contribution < 1.29 is 14.3 Å². The van der Waals surface area contributed by atoms with Gasteiger partial charge in [0.15, 0.2) is 0 Å². The minimum atomic E-state index is -0.516. The molecule has 1 aliphatic heterocycles. The molecule has 0 N–H and O–H groups in total. The maximum atomic E-state index is 12.1. The van der Waals surface area contributed by atoms with Crippen LogP contribution in [0.5, 0.6) is 0 Å². The van der Waals surface area contributed by atoms with Gasteiger partial charge in [0, 0.05) is 24.4 Å². The number of Topliss-reactive ketones (excluding diaryl/α,β-unsaturated/α-hetero) is 1. The predicted molar refractivity (Wildman–Crippen MR) is 88.3 cm³/mol. The first-order chi connectivity index (χ1) is 10.2. The summed E-state index contributed by atoms with van der Waals surface area (Å²) in [7, 11) is 0. The van der Waals surface area contributed by atoms with Crippen molar-refractivity contribution in [2.24, 2.45) is 0 Å². The molecule has 0 saturated carbocycles. The number of ether oxygens (including phenoxy) is 1. The van der Waals surface area contributed by atoms with Gasteiger partial charge in [0.25, 0.3) is 0 Å². The summed E-state index contributed by atoms with van der Waals surface area (Å²) < 4.78 is 5.39. The maximum Gasteiger partial charge on any atom is 0.410 e. The van der Waals surface area contributed by atoms with E-state index in [2.05, 4.69) is 0 Å².